The maximum Gasteiger partial charge on any atom is 0.155 e. The first-order chi connectivity index (χ1) is 11.3. The van der Waals surface area contributed by atoms with E-state index in [1.165, 1.54) is 19.3 Å². The summed E-state index contributed by atoms with van der Waals surface area (Å²) in [6, 6.07) is 7.74. The Bertz CT molecular complexity index is 629. The lowest BCUT2D eigenvalue weighted by Gasteiger charge is -2.19. The van der Waals surface area contributed by atoms with Gasteiger partial charge >= 0.3 is 0 Å². The molecule has 23 heavy (non-hydrogen) atoms. The molecule has 2 fully saturated rings. The average molecular weight is 310 g/mol. The summed E-state index contributed by atoms with van der Waals surface area (Å²) in [5.74, 6) is 7.38. The molecule has 120 valence electrons. The SMILES string of the molecule is N/C(=N\N=NCC1CCCCO1)c1ccc(C#CC2CC2)cc1. The fourth-order valence-electron chi connectivity index (χ4n) is 2.35. The van der Waals surface area contributed by atoms with Gasteiger partial charge in [0, 0.05) is 23.7 Å². The molecule has 1 aliphatic carbocycles. The first-order valence-corrected chi connectivity index (χ1v) is 8.25. The summed E-state index contributed by atoms with van der Waals surface area (Å²) in [5, 5.41) is 11.8. The topological polar surface area (TPSA) is 72.3 Å². The summed E-state index contributed by atoms with van der Waals surface area (Å²) < 4.78 is 5.58. The van der Waals surface area contributed by atoms with Crippen LogP contribution in [0.2, 0.25) is 0 Å². The quantitative estimate of drug-likeness (QED) is 0.305. The highest BCUT2D eigenvalue weighted by molar-refractivity contribution is 5.97. The first-order valence-electron chi connectivity index (χ1n) is 8.25. The molecule has 1 saturated carbocycles. The predicted molar refractivity (Wildman–Crippen MR) is 90.1 cm³/mol. The fraction of sp³-hybridized carbons (Fsp3) is 0.500. The Kier molecular flexibility index (Phi) is 5.38. The van der Waals surface area contributed by atoms with Gasteiger partial charge < -0.3 is 10.5 Å². The minimum Gasteiger partial charge on any atom is -0.382 e. The van der Waals surface area contributed by atoms with Crippen molar-refractivity contribution in [2.45, 2.75) is 38.2 Å². The van der Waals surface area contributed by atoms with E-state index in [2.05, 4.69) is 27.3 Å². The third-order valence-corrected chi connectivity index (χ3v) is 3.95. The van der Waals surface area contributed by atoms with E-state index in [9.17, 15) is 0 Å². The van der Waals surface area contributed by atoms with Crippen LogP contribution in [-0.4, -0.2) is 25.1 Å². The molecule has 5 heteroatoms. The lowest BCUT2D eigenvalue weighted by Crippen LogP contribution is -2.21. The molecule has 2 aliphatic rings. The lowest BCUT2D eigenvalue weighted by molar-refractivity contribution is 0.0216. The lowest BCUT2D eigenvalue weighted by atomic mass is 10.1. The number of ether oxygens (including phenoxy) is 1. The van der Waals surface area contributed by atoms with Gasteiger partial charge in [0.15, 0.2) is 5.84 Å². The Hall–Kier alpha value is -2.19. The zero-order valence-corrected chi connectivity index (χ0v) is 13.2. The van der Waals surface area contributed by atoms with E-state index in [4.69, 9.17) is 10.5 Å². The van der Waals surface area contributed by atoms with Crippen LogP contribution in [0.3, 0.4) is 0 Å². The number of rotatable bonds is 4. The van der Waals surface area contributed by atoms with Crippen molar-refractivity contribution in [2.75, 3.05) is 13.2 Å². The van der Waals surface area contributed by atoms with E-state index >= 15 is 0 Å². The molecule has 1 aromatic rings. The fourth-order valence-corrected chi connectivity index (χ4v) is 2.35. The molecule has 0 bridgehead atoms. The number of benzene rings is 1. The largest absolute Gasteiger partial charge is 0.382 e. The number of nitrogens with zero attached hydrogens (tertiary/aromatic N) is 3. The smallest absolute Gasteiger partial charge is 0.155 e. The molecule has 1 unspecified atom stereocenters. The van der Waals surface area contributed by atoms with Crippen LogP contribution < -0.4 is 5.73 Å². The van der Waals surface area contributed by atoms with Crippen LogP contribution in [0.5, 0.6) is 0 Å². The Balaban J connectivity index is 1.51. The molecule has 1 aliphatic heterocycles. The molecule has 0 spiro atoms. The maximum absolute atomic E-state index is 5.93. The summed E-state index contributed by atoms with van der Waals surface area (Å²) in [5.41, 5.74) is 7.76. The Labute approximate surface area is 137 Å². The van der Waals surface area contributed by atoms with Gasteiger partial charge in [-0.3, -0.25) is 0 Å². The van der Waals surface area contributed by atoms with Crippen LogP contribution in [0.15, 0.2) is 39.7 Å². The van der Waals surface area contributed by atoms with Crippen molar-refractivity contribution in [3.8, 4) is 11.8 Å². The van der Waals surface area contributed by atoms with Crippen LogP contribution in [0, 0.1) is 17.8 Å². The molecule has 0 amide bonds. The van der Waals surface area contributed by atoms with Gasteiger partial charge in [-0.1, -0.05) is 11.8 Å². The van der Waals surface area contributed by atoms with Crippen LogP contribution in [0.25, 0.3) is 0 Å². The molecule has 0 aromatic heterocycles. The van der Waals surface area contributed by atoms with Crippen molar-refractivity contribution in [3.05, 3.63) is 35.4 Å². The van der Waals surface area contributed by atoms with Gasteiger partial charge in [0.25, 0.3) is 0 Å². The Morgan fingerprint density at radius 3 is 2.70 bits per heavy atom. The normalized spacial score (nSPS) is 21.9. The van der Waals surface area contributed by atoms with Gasteiger partial charge in [0.2, 0.25) is 0 Å². The summed E-state index contributed by atoms with van der Waals surface area (Å²) in [6.45, 7) is 1.37. The second kappa shape index (κ2) is 7.89. The Morgan fingerprint density at radius 2 is 2.00 bits per heavy atom. The first kappa shape index (κ1) is 15.7. The van der Waals surface area contributed by atoms with Crippen LogP contribution in [0.4, 0.5) is 0 Å². The number of hydrogen-bond donors (Lipinski definition) is 1. The van der Waals surface area contributed by atoms with E-state index in [-0.39, 0.29) is 6.10 Å². The highest BCUT2D eigenvalue weighted by Crippen LogP contribution is 2.27. The predicted octanol–water partition coefficient (Wildman–Crippen LogP) is 3.09. The molecule has 0 radical (unpaired) electrons. The van der Waals surface area contributed by atoms with Crippen LogP contribution in [-0.2, 0) is 4.74 Å². The maximum atomic E-state index is 5.93. The molecule has 1 atom stereocenters. The van der Waals surface area contributed by atoms with Crippen LogP contribution >= 0.6 is 0 Å². The highest BCUT2D eigenvalue weighted by atomic mass is 16.5. The van der Waals surface area contributed by atoms with Crippen molar-refractivity contribution < 1.29 is 4.74 Å². The van der Waals surface area contributed by atoms with Crippen molar-refractivity contribution in [1.82, 2.24) is 0 Å². The monoisotopic (exact) mass is 310 g/mol. The summed E-state index contributed by atoms with van der Waals surface area (Å²) in [6.07, 6.45) is 6.03. The van der Waals surface area contributed by atoms with Gasteiger partial charge in [-0.25, -0.2) is 0 Å². The van der Waals surface area contributed by atoms with Crippen molar-refractivity contribution in [2.24, 2.45) is 27.1 Å². The molecule has 2 N–H and O–H groups in total. The van der Waals surface area contributed by atoms with Gasteiger partial charge in [0.05, 0.1) is 12.6 Å². The van der Waals surface area contributed by atoms with Crippen molar-refractivity contribution in [1.29, 1.82) is 0 Å². The van der Waals surface area contributed by atoms with Gasteiger partial charge in [-0.15, -0.1) is 5.10 Å². The molecule has 1 heterocycles. The molecule has 3 rings (SSSR count). The summed E-state index contributed by atoms with van der Waals surface area (Å²) >= 11 is 0. The highest BCUT2D eigenvalue weighted by Gasteiger charge is 2.17. The third-order valence-electron chi connectivity index (χ3n) is 3.95. The second-order valence-electron chi connectivity index (χ2n) is 6.01. The minimum absolute atomic E-state index is 0.174. The molecular weight excluding hydrogens is 288 g/mol. The van der Waals surface area contributed by atoms with E-state index in [0.29, 0.717) is 18.3 Å². The van der Waals surface area contributed by atoms with Crippen LogP contribution in [0.1, 0.15) is 43.2 Å². The zero-order chi connectivity index (χ0) is 15.9. The molecule has 1 saturated heterocycles. The van der Waals surface area contributed by atoms with Gasteiger partial charge in [-0.05, 0) is 61.6 Å². The minimum atomic E-state index is 0.174. The molecule has 1 aromatic carbocycles. The number of hydrogen-bond acceptors (Lipinski definition) is 3. The third kappa shape index (κ3) is 5.19. The van der Waals surface area contributed by atoms with Gasteiger partial charge in [-0.2, -0.15) is 5.11 Å². The van der Waals surface area contributed by atoms with E-state index < -0.39 is 0 Å². The summed E-state index contributed by atoms with van der Waals surface area (Å²) in [4.78, 5) is 0. The van der Waals surface area contributed by atoms with Gasteiger partial charge in [0.1, 0.15) is 0 Å². The number of nitrogens with two attached hydrogens (primary N) is 1. The standard InChI is InChI=1S/C18H22N4O/c19-18(21-22-20-13-17-3-1-2-12-23-17)16-10-8-15(9-11-16)7-6-14-4-5-14/h8-11,14,17H,1-5,12-13H2,(H2,19,20,21). The average Bonchev–Trinajstić information content (AvgIpc) is 3.42. The van der Waals surface area contributed by atoms with E-state index in [1.807, 2.05) is 24.3 Å². The molecule has 5 nitrogen and oxygen atoms in total. The molecular formula is C18H22N4O. The van der Waals surface area contributed by atoms with E-state index in [0.717, 1.165) is 30.6 Å². The summed E-state index contributed by atoms with van der Waals surface area (Å²) in [7, 11) is 0. The second-order valence-corrected chi connectivity index (χ2v) is 6.01. The zero-order valence-electron chi connectivity index (χ0n) is 13.2. The van der Waals surface area contributed by atoms with Crippen molar-refractivity contribution in [3.63, 3.8) is 0 Å². The Morgan fingerprint density at radius 1 is 1.17 bits per heavy atom. The number of amidine groups is 1. The van der Waals surface area contributed by atoms with Crippen molar-refractivity contribution >= 4 is 5.84 Å². The van der Waals surface area contributed by atoms with E-state index in [1.54, 1.807) is 0 Å².